The lowest BCUT2D eigenvalue weighted by molar-refractivity contribution is -0.0989. The largest absolute Gasteiger partial charge is 0.378 e. The Bertz CT molecular complexity index is 414. The number of hydrogen-bond donors (Lipinski definition) is 0. The first kappa shape index (κ1) is 14.6. The lowest BCUT2D eigenvalue weighted by Crippen LogP contribution is -2.40. The third kappa shape index (κ3) is 3.44. The number of ether oxygens (including phenoxy) is 2. The Balaban J connectivity index is 1.51. The summed E-state index contributed by atoms with van der Waals surface area (Å²) in [7, 11) is 0. The Morgan fingerprint density at radius 3 is 2.85 bits per heavy atom. The minimum absolute atomic E-state index is 0.0530. The molecule has 1 spiro atoms. The molecule has 0 bridgehead atoms. The number of alkyl halides is 1. The molecule has 3 unspecified atom stereocenters. The fourth-order valence-corrected chi connectivity index (χ4v) is 4.02. The molecule has 2 aliphatic heterocycles. The predicted molar refractivity (Wildman–Crippen MR) is 84.2 cm³/mol. The first-order chi connectivity index (χ1) is 9.77. The molecule has 0 N–H and O–H groups in total. The van der Waals surface area contributed by atoms with Crippen LogP contribution in [0.2, 0.25) is 0 Å². The van der Waals surface area contributed by atoms with Crippen molar-refractivity contribution in [3.63, 3.8) is 0 Å². The average molecular weight is 339 g/mol. The van der Waals surface area contributed by atoms with E-state index in [9.17, 15) is 0 Å². The predicted octanol–water partition coefficient (Wildman–Crippen LogP) is 4.49. The molecule has 20 heavy (non-hydrogen) atoms. The van der Waals surface area contributed by atoms with Gasteiger partial charge < -0.3 is 9.47 Å². The summed E-state index contributed by atoms with van der Waals surface area (Å²) in [5.41, 5.74) is 1.44. The zero-order valence-corrected chi connectivity index (χ0v) is 13.5. The highest BCUT2D eigenvalue weighted by Crippen LogP contribution is 2.39. The smallest absolute Gasteiger partial charge is 0.0939 e. The molecule has 1 aromatic carbocycles. The molecule has 0 saturated carbocycles. The second-order valence-corrected chi connectivity index (χ2v) is 7.25. The van der Waals surface area contributed by atoms with Crippen molar-refractivity contribution in [2.45, 2.75) is 42.5 Å². The van der Waals surface area contributed by atoms with Crippen LogP contribution in [0.25, 0.3) is 0 Å². The fourth-order valence-electron chi connectivity index (χ4n) is 3.45. The van der Waals surface area contributed by atoms with E-state index in [1.165, 1.54) is 31.2 Å². The summed E-state index contributed by atoms with van der Waals surface area (Å²) in [4.78, 5) is 0.474. The minimum Gasteiger partial charge on any atom is -0.378 e. The Morgan fingerprint density at radius 2 is 2.10 bits per heavy atom. The van der Waals surface area contributed by atoms with Crippen LogP contribution in [-0.4, -0.2) is 25.4 Å². The highest BCUT2D eigenvalue weighted by atomic mass is 79.9. The first-order valence-corrected chi connectivity index (χ1v) is 8.60. The van der Waals surface area contributed by atoms with Crippen LogP contribution >= 0.6 is 15.9 Å². The number of hydrogen-bond acceptors (Lipinski definition) is 2. The third-order valence-electron chi connectivity index (χ3n) is 4.65. The quantitative estimate of drug-likeness (QED) is 0.753. The van der Waals surface area contributed by atoms with Gasteiger partial charge in [0.2, 0.25) is 0 Å². The van der Waals surface area contributed by atoms with Gasteiger partial charge in [-0.25, -0.2) is 0 Å². The van der Waals surface area contributed by atoms with Gasteiger partial charge >= 0.3 is 0 Å². The maximum absolute atomic E-state index is 6.01. The normalized spacial score (nSPS) is 31.6. The summed E-state index contributed by atoms with van der Waals surface area (Å²) in [6.07, 6.45) is 5.94. The van der Waals surface area contributed by atoms with Crippen molar-refractivity contribution in [1.82, 2.24) is 0 Å². The molecule has 2 nitrogen and oxygen atoms in total. The van der Waals surface area contributed by atoms with Gasteiger partial charge in [-0.15, -0.1) is 0 Å². The van der Waals surface area contributed by atoms with Crippen molar-refractivity contribution in [1.29, 1.82) is 0 Å². The molecule has 0 amide bonds. The van der Waals surface area contributed by atoms with E-state index in [-0.39, 0.29) is 5.60 Å². The van der Waals surface area contributed by atoms with E-state index in [2.05, 4.69) is 46.3 Å². The monoisotopic (exact) mass is 338 g/mol. The molecular formula is C17H23BrO2. The standard InChI is InChI=1S/C17H23BrO2/c18-16(15-4-2-1-3-5-15)7-6-14-8-10-20-17(12-14)9-11-19-13-17/h1-5,14,16H,6-13H2. The van der Waals surface area contributed by atoms with E-state index < -0.39 is 0 Å². The second kappa shape index (κ2) is 6.59. The van der Waals surface area contributed by atoms with E-state index >= 15 is 0 Å². The lowest BCUT2D eigenvalue weighted by Gasteiger charge is -2.37. The van der Waals surface area contributed by atoms with Gasteiger partial charge in [0, 0.05) is 24.5 Å². The maximum atomic E-state index is 6.01. The van der Waals surface area contributed by atoms with Crippen molar-refractivity contribution < 1.29 is 9.47 Å². The molecular weight excluding hydrogens is 316 g/mol. The molecule has 0 aromatic heterocycles. The molecule has 1 aromatic rings. The zero-order chi connectivity index (χ0) is 13.8. The van der Waals surface area contributed by atoms with Crippen molar-refractivity contribution in [2.75, 3.05) is 19.8 Å². The van der Waals surface area contributed by atoms with Gasteiger partial charge in [0.15, 0.2) is 0 Å². The molecule has 110 valence electrons. The summed E-state index contributed by atoms with van der Waals surface area (Å²) in [6, 6.07) is 10.7. The van der Waals surface area contributed by atoms with Crippen LogP contribution < -0.4 is 0 Å². The van der Waals surface area contributed by atoms with Crippen molar-refractivity contribution in [3.8, 4) is 0 Å². The van der Waals surface area contributed by atoms with Crippen LogP contribution in [0, 0.1) is 5.92 Å². The third-order valence-corrected chi connectivity index (χ3v) is 5.64. The summed E-state index contributed by atoms with van der Waals surface area (Å²) in [5.74, 6) is 0.786. The molecule has 3 rings (SSSR count). The first-order valence-electron chi connectivity index (χ1n) is 7.68. The molecule has 2 heterocycles. The summed E-state index contributed by atoms with van der Waals surface area (Å²) >= 11 is 3.83. The topological polar surface area (TPSA) is 18.5 Å². The van der Waals surface area contributed by atoms with Crippen LogP contribution in [0.5, 0.6) is 0 Å². The Labute approximate surface area is 130 Å². The van der Waals surface area contributed by atoms with Gasteiger partial charge in [0.25, 0.3) is 0 Å². The van der Waals surface area contributed by atoms with Crippen LogP contribution in [0.4, 0.5) is 0 Å². The van der Waals surface area contributed by atoms with Gasteiger partial charge in [-0.05, 0) is 37.2 Å². The van der Waals surface area contributed by atoms with Gasteiger partial charge in [-0.3, -0.25) is 0 Å². The highest BCUT2D eigenvalue weighted by Gasteiger charge is 2.40. The second-order valence-electron chi connectivity index (χ2n) is 6.15. The van der Waals surface area contributed by atoms with Crippen molar-refractivity contribution >= 4 is 15.9 Å². The molecule has 2 aliphatic rings. The van der Waals surface area contributed by atoms with Gasteiger partial charge in [-0.1, -0.05) is 46.3 Å². The van der Waals surface area contributed by atoms with Crippen LogP contribution in [0.15, 0.2) is 30.3 Å². The molecule has 2 fully saturated rings. The summed E-state index contributed by atoms with van der Waals surface area (Å²) in [6.45, 7) is 2.59. The van der Waals surface area contributed by atoms with Crippen molar-refractivity contribution in [2.24, 2.45) is 5.92 Å². The Hall–Kier alpha value is -0.380. The van der Waals surface area contributed by atoms with Gasteiger partial charge in [-0.2, -0.15) is 0 Å². The SMILES string of the molecule is BrC(CCC1CCOC2(CCOC2)C1)c1ccccc1. The number of rotatable bonds is 4. The van der Waals surface area contributed by atoms with E-state index in [1.807, 2.05) is 0 Å². The fraction of sp³-hybridized carbons (Fsp3) is 0.647. The molecule has 2 saturated heterocycles. The average Bonchev–Trinajstić information content (AvgIpc) is 2.93. The maximum Gasteiger partial charge on any atom is 0.0939 e. The van der Waals surface area contributed by atoms with E-state index in [0.29, 0.717) is 4.83 Å². The molecule has 3 atom stereocenters. The van der Waals surface area contributed by atoms with Crippen molar-refractivity contribution in [3.05, 3.63) is 35.9 Å². The van der Waals surface area contributed by atoms with Gasteiger partial charge in [0.05, 0.1) is 12.2 Å². The zero-order valence-electron chi connectivity index (χ0n) is 11.9. The molecule has 3 heteroatoms. The van der Waals surface area contributed by atoms with Crippen LogP contribution in [0.3, 0.4) is 0 Å². The summed E-state index contributed by atoms with van der Waals surface area (Å²) in [5, 5.41) is 0. The van der Waals surface area contributed by atoms with Crippen LogP contribution in [0.1, 0.15) is 42.5 Å². The Kier molecular flexibility index (Phi) is 4.79. The number of benzene rings is 1. The Morgan fingerprint density at radius 1 is 1.25 bits per heavy atom. The van der Waals surface area contributed by atoms with E-state index in [1.54, 1.807) is 0 Å². The molecule has 0 radical (unpaired) electrons. The lowest BCUT2D eigenvalue weighted by atomic mass is 9.82. The van der Waals surface area contributed by atoms with E-state index in [0.717, 1.165) is 32.2 Å². The van der Waals surface area contributed by atoms with E-state index in [4.69, 9.17) is 9.47 Å². The number of halogens is 1. The molecule has 0 aliphatic carbocycles. The van der Waals surface area contributed by atoms with Gasteiger partial charge in [0.1, 0.15) is 0 Å². The van der Waals surface area contributed by atoms with Crippen LogP contribution in [-0.2, 0) is 9.47 Å². The highest BCUT2D eigenvalue weighted by molar-refractivity contribution is 9.09. The summed E-state index contributed by atoms with van der Waals surface area (Å²) < 4.78 is 11.6. The minimum atomic E-state index is 0.0530.